The van der Waals surface area contributed by atoms with Crippen molar-refractivity contribution in [3.63, 3.8) is 0 Å². The summed E-state index contributed by atoms with van der Waals surface area (Å²) >= 11 is 0. The van der Waals surface area contributed by atoms with E-state index < -0.39 is 0 Å². The van der Waals surface area contributed by atoms with Crippen molar-refractivity contribution in [1.29, 1.82) is 0 Å². The number of rotatable bonds is 6. The van der Waals surface area contributed by atoms with Crippen molar-refractivity contribution in [2.45, 2.75) is 25.9 Å². The van der Waals surface area contributed by atoms with Gasteiger partial charge in [0.2, 0.25) is 0 Å². The molecule has 2 atom stereocenters. The quantitative estimate of drug-likeness (QED) is 0.352. The monoisotopic (exact) mass is 192 g/mol. The molecule has 0 bridgehead atoms. The van der Waals surface area contributed by atoms with Gasteiger partial charge in [0.25, 0.3) is 0 Å². The van der Waals surface area contributed by atoms with Crippen molar-refractivity contribution in [2.75, 3.05) is 13.1 Å². The Morgan fingerprint density at radius 1 is 1.54 bits per heavy atom. The second kappa shape index (κ2) is 5.81. The molecule has 0 saturated heterocycles. The lowest BCUT2D eigenvalue weighted by molar-refractivity contribution is -0.424. The Kier molecular flexibility index (Phi) is 5.47. The van der Waals surface area contributed by atoms with Crippen LogP contribution in [0.4, 0.5) is 0 Å². The van der Waals surface area contributed by atoms with Crippen LogP contribution in [0.5, 0.6) is 0 Å². The molecule has 6 N–H and O–H groups in total. The molecule has 0 spiro atoms. The van der Waals surface area contributed by atoms with Crippen molar-refractivity contribution >= 4 is 0 Å². The van der Waals surface area contributed by atoms with Crippen LogP contribution in [0.2, 0.25) is 0 Å². The Morgan fingerprint density at radius 2 is 2.08 bits per heavy atom. The van der Waals surface area contributed by atoms with E-state index in [1.54, 1.807) is 6.92 Å². The van der Waals surface area contributed by atoms with Crippen LogP contribution >= 0.6 is 0 Å². The molecule has 0 aromatic heterocycles. The predicted octanol–water partition coefficient (Wildman–Crippen LogP) is -1.45. The van der Waals surface area contributed by atoms with Crippen molar-refractivity contribution in [3.05, 3.63) is 4.91 Å². The molecule has 78 valence electrons. The van der Waals surface area contributed by atoms with Crippen LogP contribution in [0.1, 0.15) is 13.8 Å². The van der Waals surface area contributed by atoms with E-state index in [2.05, 4.69) is 11.0 Å². The van der Waals surface area contributed by atoms with E-state index in [1.165, 1.54) is 5.01 Å². The van der Waals surface area contributed by atoms with Gasteiger partial charge < -0.3 is 11.5 Å². The molecule has 0 amide bonds. The number of nitrogens with two attached hydrogens (primary N) is 1. The molecule has 0 radical (unpaired) electrons. The topological polar surface area (TPSA) is 110 Å². The summed E-state index contributed by atoms with van der Waals surface area (Å²) in [4.78, 5) is 10.0. The second-order valence-corrected chi connectivity index (χ2v) is 3.30. The summed E-state index contributed by atoms with van der Waals surface area (Å²) in [6.07, 6.45) is 0. The van der Waals surface area contributed by atoms with Crippen molar-refractivity contribution in [2.24, 2.45) is 11.0 Å². The molecule has 2 unspecified atom stereocenters. The highest BCUT2D eigenvalue weighted by molar-refractivity contribution is 4.61. The minimum atomic E-state index is -0.143. The molecule has 0 aromatic rings. The smallest absolute Gasteiger partial charge is 0.0964 e. The molecular weight excluding hydrogens is 174 g/mol. The van der Waals surface area contributed by atoms with Gasteiger partial charge in [-0.05, 0) is 13.8 Å². The standard InChI is InChI=1S/C6H17N5O2/c1-5(7)3-10(4-6(2)8)11(13)9-12/h5-6,13H,3-4,7-8H2,1-2H3/p+1. The summed E-state index contributed by atoms with van der Waals surface area (Å²) in [7, 11) is 0. The maximum absolute atomic E-state index is 10.0. The van der Waals surface area contributed by atoms with Gasteiger partial charge in [-0.15, -0.1) is 4.91 Å². The molecule has 0 saturated carbocycles. The highest BCUT2D eigenvalue weighted by Gasteiger charge is 2.17. The second-order valence-electron chi connectivity index (χ2n) is 3.30. The van der Waals surface area contributed by atoms with E-state index in [4.69, 9.17) is 10.9 Å². The molecule has 0 heterocycles. The lowest BCUT2D eigenvalue weighted by atomic mass is 10.3. The molecule has 0 rings (SSSR count). The van der Waals surface area contributed by atoms with Gasteiger partial charge in [0.05, 0.1) is 17.9 Å². The predicted molar refractivity (Wildman–Crippen MR) is 47.0 cm³/mol. The highest BCUT2D eigenvalue weighted by atomic mass is 16.6. The zero-order valence-electron chi connectivity index (χ0n) is 8.05. The van der Waals surface area contributed by atoms with E-state index in [0.717, 1.165) is 0 Å². The van der Waals surface area contributed by atoms with Gasteiger partial charge in [0.15, 0.2) is 0 Å². The number of nitroso groups, excluding NO2 is 1. The van der Waals surface area contributed by atoms with Gasteiger partial charge in [-0.2, -0.15) is 5.01 Å². The molecular formula is C6H18N5O2+. The molecule has 0 aliphatic heterocycles. The molecule has 13 heavy (non-hydrogen) atoms. The summed E-state index contributed by atoms with van der Waals surface area (Å²) in [5, 5.41) is 13.0. The molecule has 7 nitrogen and oxygen atoms in total. The van der Waals surface area contributed by atoms with Crippen molar-refractivity contribution in [3.8, 4) is 0 Å². The average Bonchev–Trinajstić information content (AvgIpc) is 2.00. The normalized spacial score (nSPS) is 15.5. The number of hydrazine groups is 1. The minimum Gasteiger partial charge on any atom is -0.354 e. The molecule has 0 aliphatic rings. The third-order valence-electron chi connectivity index (χ3n) is 1.35. The lowest BCUT2D eigenvalue weighted by Crippen LogP contribution is -2.65. The van der Waals surface area contributed by atoms with Gasteiger partial charge in [-0.3, -0.25) is 5.21 Å². The Balaban J connectivity index is 4.09. The third kappa shape index (κ3) is 5.47. The molecule has 0 aliphatic carbocycles. The van der Waals surface area contributed by atoms with Crippen LogP contribution in [0.25, 0.3) is 0 Å². The van der Waals surface area contributed by atoms with E-state index >= 15 is 0 Å². The SMILES string of the molecule is CC(N)CN(CC(C)[NH3+])N(O)N=O. The van der Waals surface area contributed by atoms with E-state index in [1.807, 2.05) is 6.92 Å². The fraction of sp³-hybridized carbons (Fsp3) is 1.00. The average molecular weight is 192 g/mol. The van der Waals surface area contributed by atoms with Crippen LogP contribution in [0.3, 0.4) is 0 Å². The lowest BCUT2D eigenvalue weighted by Gasteiger charge is -2.26. The Morgan fingerprint density at radius 3 is 2.38 bits per heavy atom. The Labute approximate surface area is 77.1 Å². The molecule has 0 aromatic carbocycles. The van der Waals surface area contributed by atoms with Crippen LogP contribution < -0.4 is 11.5 Å². The summed E-state index contributed by atoms with van der Waals surface area (Å²) < 4.78 is 0. The van der Waals surface area contributed by atoms with Gasteiger partial charge in [-0.1, -0.05) is 5.28 Å². The summed E-state index contributed by atoms with van der Waals surface area (Å²) in [5.41, 5.74) is 9.26. The van der Waals surface area contributed by atoms with Gasteiger partial charge >= 0.3 is 0 Å². The largest absolute Gasteiger partial charge is 0.354 e. The van der Waals surface area contributed by atoms with E-state index in [9.17, 15) is 4.91 Å². The summed E-state index contributed by atoms with van der Waals surface area (Å²) in [6, 6.07) is -0.0645. The first-order valence-electron chi connectivity index (χ1n) is 4.13. The Bertz CT molecular complexity index is 142. The highest BCUT2D eigenvalue weighted by Crippen LogP contribution is 1.97. The first kappa shape index (κ1) is 12.2. The number of hydrogen-bond acceptors (Lipinski definition) is 5. The van der Waals surface area contributed by atoms with Crippen LogP contribution in [-0.4, -0.2) is 40.7 Å². The third-order valence-corrected chi connectivity index (χ3v) is 1.35. The molecule has 7 heteroatoms. The van der Waals surface area contributed by atoms with Crippen LogP contribution in [0, 0.1) is 4.91 Å². The number of nitrogens with zero attached hydrogens (tertiary/aromatic N) is 3. The first-order valence-corrected chi connectivity index (χ1v) is 4.13. The fourth-order valence-electron chi connectivity index (χ4n) is 0.964. The molecule has 0 fully saturated rings. The summed E-state index contributed by atoms with van der Waals surface area (Å²) in [6.45, 7) is 4.44. The number of hydrogen-bond donors (Lipinski definition) is 3. The zero-order chi connectivity index (χ0) is 10.4. The van der Waals surface area contributed by atoms with Crippen molar-refractivity contribution in [1.82, 2.24) is 10.3 Å². The van der Waals surface area contributed by atoms with Gasteiger partial charge in [-0.25, -0.2) is 0 Å². The zero-order valence-corrected chi connectivity index (χ0v) is 8.05. The van der Waals surface area contributed by atoms with Gasteiger partial charge in [0, 0.05) is 12.6 Å². The summed E-state index contributed by atoms with van der Waals surface area (Å²) in [5.74, 6) is 0. The maximum atomic E-state index is 10.0. The van der Waals surface area contributed by atoms with Crippen molar-refractivity contribution < 1.29 is 10.9 Å². The van der Waals surface area contributed by atoms with E-state index in [-0.39, 0.29) is 17.4 Å². The maximum Gasteiger partial charge on any atom is 0.0964 e. The van der Waals surface area contributed by atoms with Gasteiger partial charge in [0.1, 0.15) is 0 Å². The van der Waals surface area contributed by atoms with Crippen LogP contribution in [0.15, 0.2) is 5.29 Å². The van der Waals surface area contributed by atoms with E-state index in [0.29, 0.717) is 13.1 Å². The first-order chi connectivity index (χ1) is 5.97. The number of quaternary nitrogens is 1. The Hall–Kier alpha value is -0.760. The fourth-order valence-corrected chi connectivity index (χ4v) is 0.964. The van der Waals surface area contributed by atoms with Crippen LogP contribution in [-0.2, 0) is 0 Å². The minimum absolute atomic E-state index is 0.0788.